The van der Waals surface area contributed by atoms with Crippen LogP contribution in [0.5, 0.6) is 0 Å². The number of rotatable bonds is 8. The van der Waals surface area contributed by atoms with Gasteiger partial charge in [-0.25, -0.2) is 0 Å². The predicted molar refractivity (Wildman–Crippen MR) is 138 cm³/mol. The number of β-lactam (4-membered cyclic amide) rings is 1. The molecule has 0 bridgehead atoms. The Labute approximate surface area is 217 Å². The van der Waals surface area contributed by atoms with Crippen molar-refractivity contribution in [3.8, 4) is 0 Å². The molecule has 2 N–H and O–H groups in total. The lowest BCUT2D eigenvalue weighted by molar-refractivity contribution is -0.168. The first-order chi connectivity index (χ1) is 17.5. The lowest BCUT2D eigenvalue weighted by atomic mass is 9.87. The third-order valence-electron chi connectivity index (χ3n) is 6.54. The van der Waals surface area contributed by atoms with E-state index in [4.69, 9.17) is 4.74 Å². The number of fused-ring (bicyclic) bond motifs is 1. The van der Waals surface area contributed by atoms with Gasteiger partial charge in [0.25, 0.3) is 0 Å². The van der Waals surface area contributed by atoms with Gasteiger partial charge >= 0.3 is 5.97 Å². The molecule has 0 spiro atoms. The fraction of sp³-hybridized carbons (Fsp3) is 0.296. The van der Waals surface area contributed by atoms with Crippen LogP contribution in [0.1, 0.15) is 22.1 Å². The Morgan fingerprint density at radius 1 is 1.06 bits per heavy atom. The molecule has 2 aliphatic heterocycles. The maximum Gasteiger partial charge on any atom is 0.318 e. The molecule has 0 saturated carbocycles. The van der Waals surface area contributed by atoms with Crippen LogP contribution >= 0.6 is 23.1 Å². The number of ether oxygens (including phenoxy) is 1. The Kier molecular flexibility index (Phi) is 7.13. The van der Waals surface area contributed by atoms with Crippen LogP contribution in [0.15, 0.2) is 78.2 Å². The zero-order chi connectivity index (χ0) is 25.1. The van der Waals surface area contributed by atoms with Gasteiger partial charge in [0.1, 0.15) is 16.8 Å². The van der Waals surface area contributed by atoms with E-state index in [1.54, 1.807) is 4.90 Å². The van der Waals surface area contributed by atoms with Crippen molar-refractivity contribution in [3.63, 3.8) is 0 Å². The molecule has 1 aromatic heterocycles. The Hall–Kier alpha value is -3.14. The molecule has 3 aromatic rings. The highest BCUT2D eigenvalue weighted by Crippen LogP contribution is 2.43. The van der Waals surface area contributed by atoms with Crippen LogP contribution < -0.4 is 5.32 Å². The van der Waals surface area contributed by atoms with E-state index < -0.39 is 30.1 Å². The van der Waals surface area contributed by atoms with Crippen molar-refractivity contribution in [2.75, 3.05) is 18.9 Å². The van der Waals surface area contributed by atoms with Gasteiger partial charge in [-0.2, -0.15) is 0 Å². The Balaban J connectivity index is 1.28. The second kappa shape index (κ2) is 10.5. The lowest BCUT2D eigenvalue weighted by Gasteiger charge is -2.53. The standard InChI is InChI=1S/C27H26N2O5S2/c30-16-27(26(33)34-23(18-8-3-1-4-9-18)19-10-5-2-6-11-19)15-29-24(32)22(25(29)36-17-27)28-21(31)14-20-12-7-13-35-20/h1-13,22-23,25,30H,14-17H2,(H,28,31)/t22?,25-,27?/m1/s1. The van der Waals surface area contributed by atoms with Gasteiger partial charge in [0, 0.05) is 17.2 Å². The van der Waals surface area contributed by atoms with Crippen LogP contribution in [0, 0.1) is 5.41 Å². The summed E-state index contributed by atoms with van der Waals surface area (Å²) >= 11 is 2.88. The van der Waals surface area contributed by atoms with Crippen molar-refractivity contribution in [1.82, 2.24) is 10.2 Å². The number of benzene rings is 2. The molecule has 0 aliphatic carbocycles. The van der Waals surface area contributed by atoms with Crippen LogP contribution in [0.4, 0.5) is 0 Å². The fourth-order valence-corrected chi connectivity index (χ4v) is 6.75. The molecule has 7 nitrogen and oxygen atoms in total. The van der Waals surface area contributed by atoms with Crippen molar-refractivity contribution in [2.45, 2.75) is 23.9 Å². The summed E-state index contributed by atoms with van der Waals surface area (Å²) < 4.78 is 6.03. The van der Waals surface area contributed by atoms with E-state index in [-0.39, 0.29) is 35.9 Å². The monoisotopic (exact) mass is 522 g/mol. The van der Waals surface area contributed by atoms with Crippen LogP contribution in [0.2, 0.25) is 0 Å². The van der Waals surface area contributed by atoms with Crippen molar-refractivity contribution in [2.24, 2.45) is 5.41 Å². The smallest absolute Gasteiger partial charge is 0.318 e. The summed E-state index contributed by atoms with van der Waals surface area (Å²) in [5.41, 5.74) is 0.393. The number of thioether (sulfide) groups is 1. The van der Waals surface area contributed by atoms with Gasteiger partial charge in [0.15, 0.2) is 6.10 Å². The third kappa shape index (κ3) is 4.78. The number of carbonyl (C=O) groups excluding carboxylic acids is 3. The third-order valence-corrected chi connectivity index (χ3v) is 9.01. The van der Waals surface area contributed by atoms with Gasteiger partial charge in [0.05, 0.1) is 13.0 Å². The number of aliphatic hydroxyl groups excluding tert-OH is 1. The summed E-state index contributed by atoms with van der Waals surface area (Å²) in [6.45, 7) is -0.395. The quantitative estimate of drug-likeness (QED) is 0.349. The highest BCUT2D eigenvalue weighted by Gasteiger charge is 2.58. The highest BCUT2D eigenvalue weighted by atomic mass is 32.2. The second-order valence-electron chi connectivity index (χ2n) is 9.01. The number of hydrogen-bond donors (Lipinski definition) is 2. The summed E-state index contributed by atoms with van der Waals surface area (Å²) in [7, 11) is 0. The van der Waals surface area contributed by atoms with Crippen molar-refractivity contribution in [3.05, 3.63) is 94.2 Å². The zero-order valence-corrected chi connectivity index (χ0v) is 21.0. The molecule has 3 atom stereocenters. The van der Waals surface area contributed by atoms with Crippen LogP contribution in [0.25, 0.3) is 0 Å². The van der Waals surface area contributed by atoms with Crippen LogP contribution in [-0.2, 0) is 25.5 Å². The van der Waals surface area contributed by atoms with Crippen molar-refractivity contribution in [1.29, 1.82) is 0 Å². The summed E-state index contributed by atoms with van der Waals surface area (Å²) in [5, 5.41) is 14.8. The first-order valence-corrected chi connectivity index (χ1v) is 13.6. The van der Waals surface area contributed by atoms with E-state index in [1.165, 1.54) is 23.1 Å². The average molecular weight is 523 g/mol. The van der Waals surface area contributed by atoms with Gasteiger partial charge in [-0.1, -0.05) is 66.7 Å². The minimum atomic E-state index is -1.25. The molecule has 5 rings (SSSR count). The molecule has 186 valence electrons. The number of nitrogens with one attached hydrogen (secondary N) is 1. The van der Waals surface area contributed by atoms with E-state index in [2.05, 4.69) is 5.32 Å². The number of aliphatic hydroxyl groups is 1. The molecule has 36 heavy (non-hydrogen) atoms. The largest absolute Gasteiger partial charge is 0.452 e. The van der Waals surface area contributed by atoms with Gasteiger partial charge < -0.3 is 20.1 Å². The minimum absolute atomic E-state index is 0.0480. The predicted octanol–water partition coefficient (Wildman–Crippen LogP) is 3.00. The molecule has 2 amide bonds. The molecular formula is C27H26N2O5S2. The maximum atomic E-state index is 13.5. The number of hydrogen-bond acceptors (Lipinski definition) is 7. The van der Waals surface area contributed by atoms with E-state index in [0.29, 0.717) is 0 Å². The number of nitrogens with zero attached hydrogens (tertiary/aromatic N) is 1. The van der Waals surface area contributed by atoms with Gasteiger partial charge in [-0.15, -0.1) is 23.1 Å². The summed E-state index contributed by atoms with van der Waals surface area (Å²) in [6.07, 6.45) is -0.408. The number of thiophene rings is 1. The molecule has 9 heteroatoms. The van der Waals surface area contributed by atoms with E-state index in [1.807, 2.05) is 78.2 Å². The normalized spacial score (nSPS) is 23.1. The van der Waals surface area contributed by atoms with Gasteiger partial charge in [-0.05, 0) is 22.6 Å². The van der Waals surface area contributed by atoms with E-state index in [0.717, 1.165) is 16.0 Å². The van der Waals surface area contributed by atoms with Gasteiger partial charge in [-0.3, -0.25) is 14.4 Å². The summed E-state index contributed by atoms with van der Waals surface area (Å²) in [6, 6.07) is 22.0. The van der Waals surface area contributed by atoms with Crippen molar-refractivity contribution >= 4 is 40.9 Å². The summed E-state index contributed by atoms with van der Waals surface area (Å²) in [5.74, 6) is -0.723. The number of amides is 2. The molecule has 2 unspecified atom stereocenters. The lowest BCUT2D eigenvalue weighted by Crippen LogP contribution is -2.74. The molecule has 2 fully saturated rings. The second-order valence-corrected chi connectivity index (χ2v) is 11.2. The Bertz CT molecular complexity index is 1180. The maximum absolute atomic E-state index is 13.5. The first-order valence-electron chi connectivity index (χ1n) is 11.7. The van der Waals surface area contributed by atoms with Crippen LogP contribution in [0.3, 0.4) is 0 Å². The Morgan fingerprint density at radius 2 is 1.72 bits per heavy atom. The molecule has 2 saturated heterocycles. The van der Waals surface area contributed by atoms with E-state index in [9.17, 15) is 19.5 Å². The van der Waals surface area contributed by atoms with Crippen LogP contribution in [-0.4, -0.2) is 58.1 Å². The average Bonchev–Trinajstić information content (AvgIpc) is 3.43. The van der Waals surface area contributed by atoms with E-state index >= 15 is 0 Å². The first kappa shape index (κ1) is 24.5. The Morgan fingerprint density at radius 3 is 2.31 bits per heavy atom. The SMILES string of the molecule is O=C(Cc1cccs1)NC1C(=O)N2CC(CO)(C(=O)OC(c3ccccc3)c3ccccc3)CS[C@H]12. The molecule has 2 aliphatic rings. The molecule has 2 aromatic carbocycles. The number of carbonyl (C=O) groups is 3. The topological polar surface area (TPSA) is 95.9 Å². The zero-order valence-electron chi connectivity index (χ0n) is 19.4. The summed E-state index contributed by atoms with van der Waals surface area (Å²) in [4.78, 5) is 41.3. The molecular weight excluding hydrogens is 496 g/mol. The molecule has 3 heterocycles. The van der Waals surface area contributed by atoms with Gasteiger partial charge in [0.2, 0.25) is 11.8 Å². The fourth-order valence-electron chi connectivity index (χ4n) is 4.52. The number of esters is 1. The highest BCUT2D eigenvalue weighted by molar-refractivity contribution is 8.00. The minimum Gasteiger partial charge on any atom is -0.452 e. The van der Waals surface area contributed by atoms with Crippen molar-refractivity contribution < 1.29 is 24.2 Å². The molecule has 0 radical (unpaired) electrons.